The first-order chi connectivity index (χ1) is 32.1. The first-order valence-corrected chi connectivity index (χ1v) is 23.3. The highest BCUT2D eigenvalue weighted by Crippen LogP contribution is 2.38. The zero-order valence-electron chi connectivity index (χ0n) is 38.3. The number of benzene rings is 1. The second kappa shape index (κ2) is 25.0. The van der Waals surface area contributed by atoms with Gasteiger partial charge in [0.25, 0.3) is 5.69 Å². The molecule has 0 aliphatic carbocycles. The van der Waals surface area contributed by atoms with Crippen LogP contribution in [0.3, 0.4) is 0 Å². The van der Waals surface area contributed by atoms with Gasteiger partial charge in [-0.1, -0.05) is 31.1 Å². The number of nitro benzene ring substituents is 1. The molecule has 4 rings (SSSR count). The molecule has 1 aromatic carbocycles. The normalized spacial score (nSPS) is 16.1. The highest BCUT2D eigenvalue weighted by Gasteiger charge is 2.37. The lowest BCUT2D eigenvalue weighted by Gasteiger charge is -2.28. The number of phosphoric ester groups is 1. The summed E-state index contributed by atoms with van der Waals surface area (Å²) >= 11 is 0. The number of hydrogen-bond donors (Lipinski definition) is 8. The number of carbonyl (C=O) groups is 6. The van der Waals surface area contributed by atoms with Crippen molar-refractivity contribution in [2.75, 3.05) is 19.8 Å². The molecule has 1 saturated heterocycles. The van der Waals surface area contributed by atoms with E-state index in [-0.39, 0.29) is 37.0 Å². The number of unbranched alkanes of at least 4 members (excludes halogenated alkanes) is 1. The number of nitro groups is 1. The van der Waals surface area contributed by atoms with Gasteiger partial charge in [-0.3, -0.25) is 43.4 Å². The molecular formula is C42H60N11O14P. The number of nitrogens with one attached hydrogen (secondary N) is 4. The van der Waals surface area contributed by atoms with Gasteiger partial charge < -0.3 is 60.8 Å². The lowest BCUT2D eigenvalue weighted by Crippen LogP contribution is -2.61. The number of likely N-dealkylation sites (tertiary alicyclic amines) is 1. The molecule has 1 aliphatic heterocycles. The number of aromatic nitrogens is 3. The van der Waals surface area contributed by atoms with Crippen LogP contribution in [-0.2, 0) is 62.7 Å². The van der Waals surface area contributed by atoms with Gasteiger partial charge in [0.15, 0.2) is 0 Å². The van der Waals surface area contributed by atoms with Crippen molar-refractivity contribution in [3.05, 3.63) is 70.4 Å². The number of hydrogen-bond acceptors (Lipinski definition) is 14. The van der Waals surface area contributed by atoms with E-state index in [0.29, 0.717) is 55.7 Å². The van der Waals surface area contributed by atoms with Gasteiger partial charge in [-0.2, -0.15) is 0 Å². The quantitative estimate of drug-likeness (QED) is 0.0174. The Hall–Kier alpha value is -6.53. The number of non-ortho nitro benzene ring substituents is 1. The average Bonchev–Trinajstić information content (AvgIpc) is 4.03. The molecule has 1 aliphatic rings. The second-order valence-corrected chi connectivity index (χ2v) is 17.8. The molecule has 6 amide bonds. The van der Waals surface area contributed by atoms with Crippen molar-refractivity contribution in [2.45, 2.75) is 109 Å². The molecule has 372 valence electrons. The van der Waals surface area contributed by atoms with Crippen molar-refractivity contribution in [3.63, 3.8) is 0 Å². The fraction of sp³-hybridized carbons (Fsp3) is 0.524. The van der Waals surface area contributed by atoms with E-state index in [1.54, 1.807) is 29.8 Å². The topological polar surface area (TPSA) is 354 Å². The molecule has 0 spiro atoms. The van der Waals surface area contributed by atoms with Crippen LogP contribution in [0, 0.1) is 16.0 Å². The summed E-state index contributed by atoms with van der Waals surface area (Å²) in [6.07, 6.45) is 4.83. The fourth-order valence-electron chi connectivity index (χ4n) is 7.53. The van der Waals surface area contributed by atoms with Crippen LogP contribution in [0.2, 0.25) is 0 Å². The molecule has 2 aromatic heterocycles. The third-order valence-electron chi connectivity index (χ3n) is 11.0. The number of aliphatic hydroxyl groups excluding tert-OH is 1. The number of nitrogens with zero attached hydrogens (tertiary/aromatic N) is 6. The van der Waals surface area contributed by atoms with Gasteiger partial charge >= 0.3 is 7.82 Å². The molecule has 0 unspecified atom stereocenters. The van der Waals surface area contributed by atoms with E-state index in [1.165, 1.54) is 42.7 Å². The molecular weight excluding hydrogens is 913 g/mol. The average molecular weight is 974 g/mol. The van der Waals surface area contributed by atoms with E-state index in [2.05, 4.69) is 35.9 Å². The maximum absolute atomic E-state index is 14.1. The first kappa shape index (κ1) is 54.1. The minimum atomic E-state index is -5.14. The summed E-state index contributed by atoms with van der Waals surface area (Å²) in [6.45, 7) is 6.00. The molecule has 3 aromatic rings. The molecule has 1 fully saturated rings. The van der Waals surface area contributed by atoms with Crippen LogP contribution < -0.4 is 27.0 Å². The smallest absolute Gasteiger partial charge is 0.396 e. The fourth-order valence-corrected chi connectivity index (χ4v) is 8.09. The Kier molecular flexibility index (Phi) is 19.9. The number of amides is 6. The number of aryl methyl sites for hydroxylation is 1. The Balaban J connectivity index is 1.47. The molecule has 0 saturated carbocycles. The lowest BCUT2D eigenvalue weighted by atomic mass is 10.0. The summed E-state index contributed by atoms with van der Waals surface area (Å²) < 4.78 is 19.5. The van der Waals surface area contributed by atoms with Crippen molar-refractivity contribution in [1.29, 1.82) is 0 Å². The standard InChI is InChI=1S/C42H60N11O14P/c1-25(2)18-32(47-42(60)36-12-9-16-52(36)27(4)55)39(57)46-33(40(58)48-34(23-54)41(59)49-37(38(43)56)26(3)67-68(63,64)65)20-31-21-44-24-51(31)15-6-7-17-66-45-22-30-13-14-35(50(30)5)28-10-8-11-29(19-28)53(61)62/h8,10-11,13-14,19,21-22,24-26,32-34,36-37,54H,6-7,9,12,15-18,20,23H2,1-5H3,(H2,43,56)(H,46,57)(H,47,60)(H,48,58)(H,49,59)(H2,63,64,65)/b45-22+/t26-,32+,33+,34+,36+,37+/m1/s1. The Morgan fingerprint density at radius 2 is 1.71 bits per heavy atom. The van der Waals surface area contributed by atoms with E-state index in [1.807, 2.05) is 24.5 Å². The SMILES string of the molecule is CC(=O)N1CCC[C@H]1C(=O)N[C@@H](CC(C)C)C(=O)N[C@@H](Cc1cncn1CCCCO/N=C/c1ccc(-c2cccc([N+](=O)[O-])c2)n1C)C(=O)N[C@@H](CO)C(=O)N[C@H](C(N)=O)[C@@H](C)OP(=O)(O)O. The molecule has 26 heteroatoms. The van der Waals surface area contributed by atoms with E-state index in [0.717, 1.165) is 12.6 Å². The molecule has 3 heterocycles. The van der Waals surface area contributed by atoms with E-state index in [9.17, 15) is 58.3 Å². The number of oxime groups is 1. The van der Waals surface area contributed by atoms with E-state index in [4.69, 9.17) is 10.6 Å². The highest BCUT2D eigenvalue weighted by atomic mass is 31.2. The van der Waals surface area contributed by atoms with Crippen LogP contribution in [0.25, 0.3) is 11.3 Å². The zero-order valence-corrected chi connectivity index (χ0v) is 39.2. The zero-order chi connectivity index (χ0) is 50.3. The van der Waals surface area contributed by atoms with Crippen molar-refractivity contribution in [3.8, 4) is 11.3 Å². The van der Waals surface area contributed by atoms with Gasteiger partial charge in [-0.05, 0) is 57.1 Å². The van der Waals surface area contributed by atoms with Gasteiger partial charge in [0, 0.05) is 68.8 Å². The number of aliphatic hydroxyl groups is 1. The Morgan fingerprint density at radius 3 is 2.35 bits per heavy atom. The number of phosphoric acid groups is 1. The van der Waals surface area contributed by atoms with E-state index >= 15 is 0 Å². The monoisotopic (exact) mass is 973 g/mol. The van der Waals surface area contributed by atoms with Gasteiger partial charge in [0.2, 0.25) is 35.4 Å². The maximum atomic E-state index is 14.1. The second-order valence-electron chi connectivity index (χ2n) is 16.6. The van der Waals surface area contributed by atoms with E-state index < -0.39 is 85.2 Å². The van der Waals surface area contributed by atoms with Crippen molar-refractivity contribution >= 4 is 55.2 Å². The molecule has 68 heavy (non-hydrogen) atoms. The largest absolute Gasteiger partial charge is 0.469 e. The first-order valence-electron chi connectivity index (χ1n) is 21.8. The summed E-state index contributed by atoms with van der Waals surface area (Å²) in [5.41, 5.74) is 7.87. The van der Waals surface area contributed by atoms with Crippen LogP contribution in [0.4, 0.5) is 5.69 Å². The third-order valence-corrected chi connectivity index (χ3v) is 11.6. The molecule has 0 bridgehead atoms. The Morgan fingerprint density at radius 1 is 1.01 bits per heavy atom. The molecule has 6 atom stereocenters. The minimum absolute atomic E-state index is 0.0293. The number of primary amides is 1. The Labute approximate surface area is 391 Å². The number of imidazole rings is 1. The number of carbonyl (C=O) groups excluding carboxylic acids is 6. The third kappa shape index (κ3) is 15.8. The molecule has 9 N–H and O–H groups in total. The van der Waals surface area contributed by atoms with Crippen LogP contribution in [0.5, 0.6) is 0 Å². The van der Waals surface area contributed by atoms with Gasteiger partial charge in [-0.25, -0.2) is 9.55 Å². The summed E-state index contributed by atoms with van der Waals surface area (Å²) in [5, 5.41) is 35.4. The summed E-state index contributed by atoms with van der Waals surface area (Å²) in [4.78, 5) is 120. The molecule has 0 radical (unpaired) electrons. The van der Waals surface area contributed by atoms with Crippen LogP contribution in [0.15, 0.2) is 54.1 Å². The lowest BCUT2D eigenvalue weighted by molar-refractivity contribution is -0.384. The van der Waals surface area contributed by atoms with Gasteiger partial charge in [0.05, 0.1) is 35.9 Å². The summed E-state index contributed by atoms with van der Waals surface area (Å²) in [6, 6.07) is 2.86. The number of nitrogens with two attached hydrogens (primary N) is 1. The van der Waals surface area contributed by atoms with Crippen molar-refractivity contribution in [1.82, 2.24) is 40.3 Å². The van der Waals surface area contributed by atoms with Gasteiger partial charge in [0.1, 0.15) is 36.8 Å². The maximum Gasteiger partial charge on any atom is 0.469 e. The van der Waals surface area contributed by atoms with Crippen LogP contribution in [0.1, 0.15) is 71.2 Å². The minimum Gasteiger partial charge on any atom is -0.396 e. The predicted molar refractivity (Wildman–Crippen MR) is 243 cm³/mol. The van der Waals surface area contributed by atoms with Crippen LogP contribution >= 0.6 is 7.82 Å². The van der Waals surface area contributed by atoms with Crippen molar-refractivity contribution in [2.24, 2.45) is 23.9 Å². The molecule has 25 nitrogen and oxygen atoms in total. The summed E-state index contributed by atoms with van der Waals surface area (Å²) in [7, 11) is -3.35. The Bertz CT molecular complexity index is 2350. The predicted octanol–water partition coefficient (Wildman–Crippen LogP) is 0.142. The summed E-state index contributed by atoms with van der Waals surface area (Å²) in [5.74, 6) is -5.14. The van der Waals surface area contributed by atoms with Crippen LogP contribution in [-0.4, -0.2) is 137 Å². The highest BCUT2D eigenvalue weighted by molar-refractivity contribution is 7.46. The van der Waals surface area contributed by atoms with Gasteiger partial charge in [-0.15, -0.1) is 0 Å². The van der Waals surface area contributed by atoms with Crippen molar-refractivity contribution < 1.29 is 62.5 Å². The number of rotatable bonds is 26.